The minimum atomic E-state index is -1.01. The number of hydrogen-bond donors (Lipinski definition) is 2. The van der Waals surface area contributed by atoms with Crippen LogP contribution in [-0.4, -0.2) is 24.5 Å². The van der Waals surface area contributed by atoms with Gasteiger partial charge in [0.15, 0.2) is 0 Å². The van der Waals surface area contributed by atoms with Crippen molar-refractivity contribution in [3.05, 3.63) is 29.8 Å². The Morgan fingerprint density at radius 3 is 2.30 bits per heavy atom. The molecule has 1 unspecified atom stereocenters. The maximum Gasteiger partial charge on any atom is 0.331 e. The molecule has 1 aromatic rings. The molecule has 6 heteroatoms. The third kappa shape index (κ3) is 4.42. The zero-order valence-electron chi connectivity index (χ0n) is 11.9. The van der Waals surface area contributed by atoms with Crippen LogP contribution in [0, 0.1) is 0 Å². The Balaban J connectivity index is 0.00000361. The number of methoxy groups -OCH3 is 1. The topological polar surface area (TPSA) is 81.4 Å². The number of esters is 1. The van der Waals surface area contributed by atoms with Crippen molar-refractivity contribution in [3.63, 3.8) is 0 Å². The minimum absolute atomic E-state index is 0. The highest BCUT2D eigenvalue weighted by Crippen LogP contribution is 2.16. The molecule has 0 aliphatic carbocycles. The fourth-order valence-electron chi connectivity index (χ4n) is 1.90. The number of ether oxygens (including phenoxy) is 1. The van der Waals surface area contributed by atoms with Gasteiger partial charge < -0.3 is 15.8 Å². The summed E-state index contributed by atoms with van der Waals surface area (Å²) in [7, 11) is 1.31. The number of hydrogen-bond acceptors (Lipinski definition) is 4. The number of nitrogen functional groups attached to an aromatic ring is 1. The lowest BCUT2D eigenvalue weighted by atomic mass is 9.95. The molecule has 0 radical (unpaired) electrons. The number of halogens is 1. The van der Waals surface area contributed by atoms with Crippen molar-refractivity contribution in [1.29, 1.82) is 0 Å². The highest BCUT2D eigenvalue weighted by molar-refractivity contribution is 5.98. The van der Waals surface area contributed by atoms with E-state index in [9.17, 15) is 9.59 Å². The van der Waals surface area contributed by atoms with Gasteiger partial charge in [0.05, 0.1) is 7.11 Å². The van der Waals surface area contributed by atoms with Crippen LogP contribution in [0.15, 0.2) is 24.3 Å². The fraction of sp³-hybridized carbons (Fsp3) is 0.429. The zero-order valence-corrected chi connectivity index (χ0v) is 12.8. The van der Waals surface area contributed by atoms with Gasteiger partial charge in [-0.1, -0.05) is 13.3 Å². The molecule has 1 atom stereocenters. The first-order chi connectivity index (χ1) is 8.92. The molecule has 3 N–H and O–H groups in total. The Bertz CT molecular complexity index is 462. The molecule has 0 aliphatic heterocycles. The molecule has 0 spiro atoms. The van der Waals surface area contributed by atoms with E-state index in [0.717, 1.165) is 6.42 Å². The smallest absolute Gasteiger partial charge is 0.331 e. The first kappa shape index (κ1) is 18.2. The van der Waals surface area contributed by atoms with Crippen molar-refractivity contribution in [1.82, 2.24) is 5.32 Å². The summed E-state index contributed by atoms with van der Waals surface area (Å²) in [5.74, 6) is -0.764. The van der Waals surface area contributed by atoms with Crippen LogP contribution < -0.4 is 11.1 Å². The summed E-state index contributed by atoms with van der Waals surface area (Å²) in [6.45, 7) is 3.61. The molecule has 0 saturated heterocycles. The maximum absolute atomic E-state index is 12.1. The number of nitrogens with two attached hydrogens (primary N) is 1. The van der Waals surface area contributed by atoms with Gasteiger partial charge in [0.2, 0.25) is 0 Å². The number of carbonyl (C=O) groups is 2. The Morgan fingerprint density at radius 1 is 1.30 bits per heavy atom. The van der Waals surface area contributed by atoms with E-state index < -0.39 is 11.5 Å². The second kappa shape index (κ2) is 7.75. The summed E-state index contributed by atoms with van der Waals surface area (Å²) in [5.41, 5.74) is 5.60. The van der Waals surface area contributed by atoms with Gasteiger partial charge in [0.1, 0.15) is 5.54 Å². The van der Waals surface area contributed by atoms with Crippen LogP contribution in [0.25, 0.3) is 0 Å². The van der Waals surface area contributed by atoms with E-state index in [0.29, 0.717) is 17.7 Å². The molecule has 20 heavy (non-hydrogen) atoms. The molecule has 1 aromatic carbocycles. The lowest BCUT2D eigenvalue weighted by molar-refractivity contribution is -0.147. The third-order valence-corrected chi connectivity index (χ3v) is 2.95. The second-order valence-corrected chi connectivity index (χ2v) is 4.65. The molecule has 1 rings (SSSR count). The first-order valence-electron chi connectivity index (χ1n) is 6.19. The highest BCUT2D eigenvalue weighted by Gasteiger charge is 2.35. The number of benzene rings is 1. The van der Waals surface area contributed by atoms with E-state index in [-0.39, 0.29) is 18.3 Å². The fourth-order valence-corrected chi connectivity index (χ4v) is 1.90. The van der Waals surface area contributed by atoms with Crippen LogP contribution >= 0.6 is 12.4 Å². The van der Waals surface area contributed by atoms with Crippen molar-refractivity contribution in [2.24, 2.45) is 0 Å². The largest absolute Gasteiger partial charge is 0.467 e. The molecule has 0 saturated carbocycles. The summed E-state index contributed by atoms with van der Waals surface area (Å²) < 4.78 is 4.75. The Labute approximate surface area is 125 Å². The van der Waals surface area contributed by atoms with Crippen molar-refractivity contribution in [2.45, 2.75) is 32.2 Å². The zero-order chi connectivity index (χ0) is 14.5. The number of carbonyl (C=O) groups excluding carboxylic acids is 2. The number of anilines is 1. The Morgan fingerprint density at radius 2 is 1.85 bits per heavy atom. The summed E-state index contributed by atoms with van der Waals surface area (Å²) >= 11 is 0. The van der Waals surface area contributed by atoms with Gasteiger partial charge in [-0.3, -0.25) is 4.79 Å². The first-order valence-corrected chi connectivity index (χ1v) is 6.19. The predicted octanol–water partition coefficient (Wildman–Crippen LogP) is 2.15. The van der Waals surface area contributed by atoms with Gasteiger partial charge in [-0.15, -0.1) is 12.4 Å². The number of rotatable bonds is 5. The summed E-state index contributed by atoms with van der Waals surface area (Å²) in [6.07, 6.45) is 1.27. The van der Waals surface area contributed by atoms with E-state index in [1.165, 1.54) is 7.11 Å². The molecule has 1 amide bonds. The molecule has 112 valence electrons. The van der Waals surface area contributed by atoms with E-state index in [2.05, 4.69) is 5.32 Å². The third-order valence-electron chi connectivity index (χ3n) is 2.95. The molecule has 0 aliphatic rings. The van der Waals surface area contributed by atoms with Crippen molar-refractivity contribution < 1.29 is 14.3 Å². The van der Waals surface area contributed by atoms with Crippen molar-refractivity contribution in [3.8, 4) is 0 Å². The second-order valence-electron chi connectivity index (χ2n) is 4.65. The maximum atomic E-state index is 12.1. The van der Waals surface area contributed by atoms with Gasteiger partial charge in [-0.25, -0.2) is 4.79 Å². The summed E-state index contributed by atoms with van der Waals surface area (Å²) in [4.78, 5) is 23.9. The van der Waals surface area contributed by atoms with Crippen LogP contribution in [0.5, 0.6) is 0 Å². The van der Waals surface area contributed by atoms with Crippen LogP contribution in [0.3, 0.4) is 0 Å². The van der Waals surface area contributed by atoms with Gasteiger partial charge in [0.25, 0.3) is 5.91 Å². The van der Waals surface area contributed by atoms with E-state index in [4.69, 9.17) is 10.5 Å². The van der Waals surface area contributed by atoms with E-state index in [1.54, 1.807) is 31.2 Å². The number of nitrogens with one attached hydrogen (secondary N) is 1. The van der Waals surface area contributed by atoms with E-state index in [1.807, 2.05) is 6.92 Å². The van der Waals surface area contributed by atoms with E-state index >= 15 is 0 Å². The SMILES string of the molecule is CCCC(C)(NC(=O)c1ccc(N)cc1)C(=O)OC.Cl. The molecule has 0 heterocycles. The quantitative estimate of drug-likeness (QED) is 0.645. The lowest BCUT2D eigenvalue weighted by Gasteiger charge is -2.27. The number of amides is 1. The Hall–Kier alpha value is -1.75. The summed E-state index contributed by atoms with van der Waals surface area (Å²) in [5, 5.41) is 2.73. The molecule has 0 bridgehead atoms. The van der Waals surface area contributed by atoms with Crippen LogP contribution in [0.4, 0.5) is 5.69 Å². The molecular formula is C14H21ClN2O3. The van der Waals surface area contributed by atoms with Crippen LogP contribution in [0.2, 0.25) is 0 Å². The Kier molecular flexibility index (Phi) is 7.07. The van der Waals surface area contributed by atoms with Gasteiger partial charge in [0, 0.05) is 11.3 Å². The van der Waals surface area contributed by atoms with Crippen LogP contribution in [-0.2, 0) is 9.53 Å². The summed E-state index contributed by atoms with van der Waals surface area (Å²) in [6, 6.07) is 6.52. The average molecular weight is 301 g/mol. The monoisotopic (exact) mass is 300 g/mol. The minimum Gasteiger partial charge on any atom is -0.467 e. The highest BCUT2D eigenvalue weighted by atomic mass is 35.5. The van der Waals surface area contributed by atoms with Crippen molar-refractivity contribution >= 4 is 30.0 Å². The van der Waals surface area contributed by atoms with Gasteiger partial charge in [-0.05, 0) is 37.6 Å². The average Bonchev–Trinajstić information content (AvgIpc) is 2.38. The van der Waals surface area contributed by atoms with Crippen molar-refractivity contribution in [2.75, 3.05) is 12.8 Å². The van der Waals surface area contributed by atoms with Gasteiger partial charge >= 0.3 is 5.97 Å². The molecule has 5 nitrogen and oxygen atoms in total. The standard InChI is InChI=1S/C14H20N2O3.ClH/c1-4-9-14(2,13(18)19-3)16-12(17)10-5-7-11(15)8-6-10;/h5-8H,4,9,15H2,1-3H3,(H,16,17);1H. The lowest BCUT2D eigenvalue weighted by Crippen LogP contribution is -2.52. The molecule has 0 fully saturated rings. The van der Waals surface area contributed by atoms with Gasteiger partial charge in [-0.2, -0.15) is 0 Å². The molecular weight excluding hydrogens is 280 g/mol. The normalized spacial score (nSPS) is 12.8. The van der Waals surface area contributed by atoms with Crippen LogP contribution in [0.1, 0.15) is 37.0 Å². The predicted molar refractivity (Wildman–Crippen MR) is 80.9 cm³/mol. The molecule has 0 aromatic heterocycles.